The zero-order valence-corrected chi connectivity index (χ0v) is 10.8. The Morgan fingerprint density at radius 1 is 1.39 bits per heavy atom. The fourth-order valence-electron chi connectivity index (χ4n) is 2.10. The maximum atomic E-state index is 11.1. The van der Waals surface area contributed by atoms with E-state index < -0.39 is 11.4 Å². The van der Waals surface area contributed by atoms with E-state index in [4.69, 9.17) is 9.52 Å². The van der Waals surface area contributed by atoms with Crippen molar-refractivity contribution in [3.05, 3.63) is 11.8 Å². The summed E-state index contributed by atoms with van der Waals surface area (Å²) in [5.74, 6) is 0.566. The molecule has 2 heterocycles. The smallest absolute Gasteiger partial charge is 0.309 e. The molecule has 0 atom stereocenters. The average Bonchev–Trinajstić information content (AvgIpc) is 2.80. The molecule has 0 spiro atoms. The molecule has 1 aliphatic rings. The molecule has 1 aliphatic heterocycles. The van der Waals surface area contributed by atoms with Crippen molar-refractivity contribution in [1.29, 1.82) is 0 Å². The van der Waals surface area contributed by atoms with Gasteiger partial charge in [0.2, 0.25) is 11.8 Å². The van der Waals surface area contributed by atoms with Crippen molar-refractivity contribution in [2.45, 2.75) is 39.7 Å². The first-order chi connectivity index (χ1) is 8.53. The third-order valence-corrected chi connectivity index (χ3v) is 3.65. The van der Waals surface area contributed by atoms with Gasteiger partial charge in [0.1, 0.15) is 0 Å². The van der Waals surface area contributed by atoms with E-state index in [0.29, 0.717) is 31.2 Å². The molecule has 0 amide bonds. The van der Waals surface area contributed by atoms with Crippen LogP contribution in [-0.4, -0.2) is 39.3 Å². The van der Waals surface area contributed by atoms with E-state index in [-0.39, 0.29) is 0 Å². The Morgan fingerprint density at radius 3 is 2.50 bits per heavy atom. The zero-order chi connectivity index (χ0) is 13.2. The van der Waals surface area contributed by atoms with Gasteiger partial charge in [-0.25, -0.2) is 0 Å². The number of likely N-dealkylation sites (tertiary alicyclic amines) is 1. The molecule has 0 bridgehead atoms. The van der Waals surface area contributed by atoms with Crippen LogP contribution in [-0.2, 0) is 17.8 Å². The largest absolute Gasteiger partial charge is 0.481 e. The lowest BCUT2D eigenvalue weighted by Gasteiger charge is -2.35. The molecule has 1 saturated heterocycles. The molecular weight excluding hydrogens is 234 g/mol. The minimum absolute atomic E-state index is 0.583. The van der Waals surface area contributed by atoms with Crippen molar-refractivity contribution in [1.82, 2.24) is 15.1 Å². The predicted octanol–water partition coefficient (Wildman–Crippen LogP) is 1.32. The summed E-state index contributed by atoms with van der Waals surface area (Å²) >= 11 is 0. The lowest BCUT2D eigenvalue weighted by Crippen LogP contribution is -2.42. The molecule has 0 aliphatic carbocycles. The van der Waals surface area contributed by atoms with Gasteiger partial charge < -0.3 is 9.52 Å². The van der Waals surface area contributed by atoms with Crippen molar-refractivity contribution < 1.29 is 14.3 Å². The molecule has 1 fully saturated rings. The van der Waals surface area contributed by atoms with Gasteiger partial charge in [0.05, 0.1) is 12.0 Å². The van der Waals surface area contributed by atoms with Gasteiger partial charge in [-0.05, 0) is 32.9 Å². The second-order valence-corrected chi connectivity index (χ2v) is 5.09. The van der Waals surface area contributed by atoms with Gasteiger partial charge in [0, 0.05) is 6.42 Å². The van der Waals surface area contributed by atoms with E-state index in [1.165, 1.54) is 0 Å². The number of carboxylic acid groups (broad SMARTS) is 1. The minimum Gasteiger partial charge on any atom is -0.481 e. The third-order valence-electron chi connectivity index (χ3n) is 3.65. The van der Waals surface area contributed by atoms with Gasteiger partial charge in [-0.1, -0.05) is 6.92 Å². The van der Waals surface area contributed by atoms with Gasteiger partial charge in [0.15, 0.2) is 0 Å². The quantitative estimate of drug-likeness (QED) is 0.871. The molecule has 0 aromatic carbocycles. The highest BCUT2D eigenvalue weighted by Crippen LogP contribution is 2.31. The van der Waals surface area contributed by atoms with Crippen molar-refractivity contribution in [2.24, 2.45) is 5.41 Å². The monoisotopic (exact) mass is 253 g/mol. The van der Waals surface area contributed by atoms with Crippen LogP contribution in [0.15, 0.2) is 4.42 Å². The number of carboxylic acids is 1. The molecule has 1 aromatic heterocycles. The van der Waals surface area contributed by atoms with Crippen LogP contribution in [0, 0.1) is 5.41 Å². The standard InChI is InChI=1S/C12H19N3O3/c1-3-9-13-14-10(18-9)8-15-6-4-12(2,5-7-15)11(16)17/h3-8H2,1-2H3,(H,16,17). The molecule has 1 N–H and O–H groups in total. The van der Waals surface area contributed by atoms with Gasteiger partial charge in [-0.3, -0.25) is 9.69 Å². The number of hydrogen-bond donors (Lipinski definition) is 1. The molecule has 18 heavy (non-hydrogen) atoms. The summed E-state index contributed by atoms with van der Waals surface area (Å²) in [4.78, 5) is 13.3. The van der Waals surface area contributed by atoms with Crippen LogP contribution in [0.5, 0.6) is 0 Å². The Hall–Kier alpha value is -1.43. The fourth-order valence-corrected chi connectivity index (χ4v) is 2.10. The second-order valence-electron chi connectivity index (χ2n) is 5.09. The van der Waals surface area contributed by atoms with Crippen molar-refractivity contribution in [3.63, 3.8) is 0 Å². The average molecular weight is 253 g/mol. The summed E-state index contributed by atoms with van der Waals surface area (Å²) in [7, 11) is 0. The maximum absolute atomic E-state index is 11.1. The van der Waals surface area contributed by atoms with Crippen LogP contribution in [0.25, 0.3) is 0 Å². The number of carbonyl (C=O) groups is 1. The Labute approximate surface area is 106 Å². The Bertz CT molecular complexity index is 422. The number of piperidine rings is 1. The van der Waals surface area contributed by atoms with E-state index in [1.807, 2.05) is 13.8 Å². The topological polar surface area (TPSA) is 79.5 Å². The molecule has 0 radical (unpaired) electrons. The van der Waals surface area contributed by atoms with Crippen LogP contribution in [0.1, 0.15) is 38.5 Å². The van der Waals surface area contributed by atoms with Gasteiger partial charge in [0.25, 0.3) is 0 Å². The summed E-state index contributed by atoms with van der Waals surface area (Å²) in [5, 5.41) is 17.0. The summed E-state index contributed by atoms with van der Waals surface area (Å²) in [6.07, 6.45) is 2.07. The van der Waals surface area contributed by atoms with Crippen molar-refractivity contribution in [2.75, 3.05) is 13.1 Å². The lowest BCUT2D eigenvalue weighted by atomic mass is 9.80. The highest BCUT2D eigenvalue weighted by Gasteiger charge is 2.36. The van der Waals surface area contributed by atoms with E-state index >= 15 is 0 Å². The normalized spacial score (nSPS) is 19.9. The van der Waals surface area contributed by atoms with Crippen LogP contribution < -0.4 is 0 Å². The van der Waals surface area contributed by atoms with Crippen LogP contribution in [0.3, 0.4) is 0 Å². The van der Waals surface area contributed by atoms with E-state index in [1.54, 1.807) is 0 Å². The number of aromatic nitrogens is 2. The van der Waals surface area contributed by atoms with E-state index in [0.717, 1.165) is 19.5 Å². The van der Waals surface area contributed by atoms with E-state index in [9.17, 15) is 4.79 Å². The summed E-state index contributed by atoms with van der Waals surface area (Å²) in [6, 6.07) is 0. The minimum atomic E-state index is -0.701. The summed E-state index contributed by atoms with van der Waals surface area (Å²) < 4.78 is 5.45. The number of aliphatic carboxylic acids is 1. The molecular formula is C12H19N3O3. The maximum Gasteiger partial charge on any atom is 0.309 e. The van der Waals surface area contributed by atoms with Crippen LogP contribution in [0.2, 0.25) is 0 Å². The molecule has 6 nitrogen and oxygen atoms in total. The molecule has 100 valence electrons. The SMILES string of the molecule is CCc1nnc(CN2CCC(C)(C(=O)O)CC2)o1. The second kappa shape index (κ2) is 5.06. The Balaban J connectivity index is 1.89. The van der Waals surface area contributed by atoms with Gasteiger partial charge in [-0.2, -0.15) is 0 Å². The van der Waals surface area contributed by atoms with E-state index in [2.05, 4.69) is 15.1 Å². The molecule has 0 saturated carbocycles. The highest BCUT2D eigenvalue weighted by molar-refractivity contribution is 5.74. The first-order valence-corrected chi connectivity index (χ1v) is 6.30. The molecule has 2 rings (SSSR count). The molecule has 1 aromatic rings. The van der Waals surface area contributed by atoms with Crippen molar-refractivity contribution in [3.8, 4) is 0 Å². The Morgan fingerprint density at radius 2 is 2.00 bits per heavy atom. The number of hydrogen-bond acceptors (Lipinski definition) is 5. The number of nitrogens with zero attached hydrogens (tertiary/aromatic N) is 3. The van der Waals surface area contributed by atoms with Crippen molar-refractivity contribution >= 4 is 5.97 Å². The highest BCUT2D eigenvalue weighted by atomic mass is 16.4. The Kier molecular flexibility index (Phi) is 3.65. The first-order valence-electron chi connectivity index (χ1n) is 6.30. The fraction of sp³-hybridized carbons (Fsp3) is 0.750. The van der Waals surface area contributed by atoms with Gasteiger partial charge >= 0.3 is 5.97 Å². The summed E-state index contributed by atoms with van der Waals surface area (Å²) in [6.45, 7) is 5.91. The molecule has 6 heteroatoms. The van der Waals surface area contributed by atoms with Gasteiger partial charge in [-0.15, -0.1) is 10.2 Å². The predicted molar refractivity (Wildman–Crippen MR) is 63.9 cm³/mol. The molecule has 0 unspecified atom stereocenters. The first kappa shape index (κ1) is 13.0. The third kappa shape index (κ3) is 2.69. The van der Waals surface area contributed by atoms with Crippen LogP contribution >= 0.6 is 0 Å². The number of aryl methyl sites for hydroxylation is 1. The van der Waals surface area contributed by atoms with Crippen LogP contribution in [0.4, 0.5) is 0 Å². The zero-order valence-electron chi connectivity index (χ0n) is 10.8. The number of rotatable bonds is 4. The lowest BCUT2D eigenvalue weighted by molar-refractivity contribution is -0.150. The summed E-state index contributed by atoms with van der Waals surface area (Å²) in [5.41, 5.74) is -0.583.